The lowest BCUT2D eigenvalue weighted by Crippen LogP contribution is -2.05. The van der Waals surface area contributed by atoms with Crippen LogP contribution in [0.2, 0.25) is 0 Å². The predicted molar refractivity (Wildman–Crippen MR) is 93.8 cm³/mol. The monoisotopic (exact) mass is 387 g/mol. The van der Waals surface area contributed by atoms with E-state index >= 15 is 0 Å². The third kappa shape index (κ3) is 3.21. The average Bonchev–Trinajstić information content (AvgIpc) is 2.52. The van der Waals surface area contributed by atoms with Gasteiger partial charge in [-0.05, 0) is 28.2 Å². The molecule has 0 spiro atoms. The fraction of sp³-hybridized carbons (Fsp3) is 0.0588. The first-order valence-corrected chi connectivity index (χ1v) is 7.73. The lowest BCUT2D eigenvalue weighted by Gasteiger charge is -2.09. The van der Waals surface area contributed by atoms with E-state index in [1.165, 1.54) is 5.56 Å². The second kappa shape index (κ2) is 6.22. The minimum Gasteiger partial charge on any atom is -0.383 e. The Morgan fingerprint density at radius 2 is 1.48 bits per heavy atom. The number of rotatable bonds is 3. The largest absolute Gasteiger partial charge is 0.383 e. The van der Waals surface area contributed by atoms with E-state index in [-0.39, 0.29) is 0 Å². The van der Waals surface area contributed by atoms with Crippen molar-refractivity contribution >= 4 is 28.4 Å². The van der Waals surface area contributed by atoms with Crippen molar-refractivity contribution in [1.82, 2.24) is 9.97 Å². The Morgan fingerprint density at radius 1 is 0.857 bits per heavy atom. The molecule has 1 aromatic heterocycles. The van der Waals surface area contributed by atoms with Crippen molar-refractivity contribution in [2.24, 2.45) is 0 Å². The zero-order chi connectivity index (χ0) is 14.7. The number of aromatic nitrogens is 2. The van der Waals surface area contributed by atoms with Crippen LogP contribution in [0.1, 0.15) is 11.4 Å². The first kappa shape index (κ1) is 14.0. The van der Waals surface area contributed by atoms with Gasteiger partial charge in [-0.1, -0.05) is 60.7 Å². The first-order valence-electron chi connectivity index (χ1n) is 6.65. The van der Waals surface area contributed by atoms with E-state index in [9.17, 15) is 0 Å². The molecule has 0 unspecified atom stereocenters. The maximum Gasteiger partial charge on any atom is 0.141 e. The first-order chi connectivity index (χ1) is 10.2. The molecule has 0 aliphatic heterocycles. The molecule has 0 saturated heterocycles. The average molecular weight is 387 g/mol. The summed E-state index contributed by atoms with van der Waals surface area (Å²) in [6, 6.07) is 20.2. The zero-order valence-corrected chi connectivity index (χ0v) is 13.5. The van der Waals surface area contributed by atoms with Crippen LogP contribution in [-0.2, 0) is 6.42 Å². The normalized spacial score (nSPS) is 10.5. The summed E-state index contributed by atoms with van der Waals surface area (Å²) >= 11 is 2.21. The van der Waals surface area contributed by atoms with Gasteiger partial charge in [0.2, 0.25) is 0 Å². The van der Waals surface area contributed by atoms with Crippen LogP contribution >= 0.6 is 22.6 Å². The van der Waals surface area contributed by atoms with E-state index in [0.29, 0.717) is 12.2 Å². The summed E-state index contributed by atoms with van der Waals surface area (Å²) in [7, 11) is 0. The second-order valence-electron chi connectivity index (χ2n) is 4.72. The molecule has 0 fully saturated rings. The van der Waals surface area contributed by atoms with Crippen LogP contribution in [0.25, 0.3) is 11.3 Å². The van der Waals surface area contributed by atoms with Gasteiger partial charge in [0.05, 0.1) is 9.26 Å². The predicted octanol–water partition coefficient (Wildman–Crippen LogP) is 3.92. The van der Waals surface area contributed by atoms with Crippen LogP contribution < -0.4 is 5.73 Å². The molecule has 2 N–H and O–H groups in total. The Bertz CT molecular complexity index is 743. The summed E-state index contributed by atoms with van der Waals surface area (Å²) in [5.74, 6) is 1.29. The van der Waals surface area contributed by atoms with Crippen molar-refractivity contribution in [3.63, 3.8) is 0 Å². The van der Waals surface area contributed by atoms with E-state index in [0.717, 1.165) is 20.7 Å². The molecule has 0 radical (unpaired) electrons. The molecule has 0 amide bonds. The lowest BCUT2D eigenvalue weighted by atomic mass is 10.1. The van der Waals surface area contributed by atoms with Gasteiger partial charge in [0, 0.05) is 12.0 Å². The maximum absolute atomic E-state index is 6.05. The molecule has 21 heavy (non-hydrogen) atoms. The Kier molecular flexibility index (Phi) is 4.15. The summed E-state index contributed by atoms with van der Waals surface area (Å²) in [5, 5.41) is 0. The highest BCUT2D eigenvalue weighted by atomic mass is 127. The van der Waals surface area contributed by atoms with Crippen LogP contribution in [0.3, 0.4) is 0 Å². The van der Waals surface area contributed by atoms with E-state index in [2.05, 4.69) is 39.7 Å². The van der Waals surface area contributed by atoms with Gasteiger partial charge in [-0.3, -0.25) is 0 Å². The van der Waals surface area contributed by atoms with Crippen molar-refractivity contribution < 1.29 is 0 Å². The summed E-state index contributed by atoms with van der Waals surface area (Å²) in [5.41, 5.74) is 9.19. The fourth-order valence-corrected chi connectivity index (χ4v) is 2.71. The van der Waals surface area contributed by atoms with E-state index < -0.39 is 0 Å². The third-order valence-electron chi connectivity index (χ3n) is 3.18. The summed E-state index contributed by atoms with van der Waals surface area (Å²) in [6.45, 7) is 0. The van der Waals surface area contributed by atoms with Crippen LogP contribution in [-0.4, -0.2) is 9.97 Å². The van der Waals surface area contributed by atoms with Gasteiger partial charge in [-0.15, -0.1) is 0 Å². The zero-order valence-electron chi connectivity index (χ0n) is 11.3. The minimum atomic E-state index is 0.537. The molecular formula is C17H14IN3. The summed E-state index contributed by atoms with van der Waals surface area (Å²) in [4.78, 5) is 9.11. The van der Waals surface area contributed by atoms with Gasteiger partial charge in [0.15, 0.2) is 0 Å². The molecule has 3 nitrogen and oxygen atoms in total. The molecule has 0 bridgehead atoms. The molecule has 3 aromatic rings. The van der Waals surface area contributed by atoms with Gasteiger partial charge in [-0.2, -0.15) is 0 Å². The van der Waals surface area contributed by atoms with Gasteiger partial charge >= 0.3 is 0 Å². The molecule has 104 valence electrons. The number of anilines is 1. The molecule has 0 atom stereocenters. The Hall–Kier alpha value is -1.95. The number of nitrogen functional groups attached to an aromatic ring is 1. The van der Waals surface area contributed by atoms with Gasteiger partial charge in [0.25, 0.3) is 0 Å². The Labute approximate surface area is 137 Å². The summed E-state index contributed by atoms with van der Waals surface area (Å²) < 4.78 is 0.899. The molecule has 3 rings (SSSR count). The van der Waals surface area contributed by atoms with Crippen LogP contribution in [0.15, 0.2) is 60.7 Å². The number of hydrogen-bond acceptors (Lipinski definition) is 3. The van der Waals surface area contributed by atoms with Crippen molar-refractivity contribution in [2.75, 3.05) is 5.73 Å². The number of nitrogens with two attached hydrogens (primary N) is 1. The fourth-order valence-electron chi connectivity index (χ4n) is 2.16. The van der Waals surface area contributed by atoms with Crippen molar-refractivity contribution in [3.8, 4) is 11.3 Å². The number of benzene rings is 2. The molecule has 0 aliphatic carbocycles. The van der Waals surface area contributed by atoms with Crippen molar-refractivity contribution in [1.29, 1.82) is 0 Å². The summed E-state index contributed by atoms with van der Waals surface area (Å²) in [6.07, 6.45) is 0.682. The molecule has 4 heteroatoms. The highest BCUT2D eigenvalue weighted by molar-refractivity contribution is 14.1. The Morgan fingerprint density at radius 3 is 2.14 bits per heavy atom. The molecule has 2 aromatic carbocycles. The highest BCUT2D eigenvalue weighted by Crippen LogP contribution is 2.26. The Balaban J connectivity index is 2.02. The number of hydrogen-bond donors (Lipinski definition) is 1. The van der Waals surface area contributed by atoms with Gasteiger partial charge in [0.1, 0.15) is 11.6 Å². The quantitative estimate of drug-likeness (QED) is 0.694. The van der Waals surface area contributed by atoms with Crippen LogP contribution in [0, 0.1) is 3.57 Å². The lowest BCUT2D eigenvalue weighted by molar-refractivity contribution is 0.972. The van der Waals surface area contributed by atoms with E-state index in [1.54, 1.807) is 0 Å². The van der Waals surface area contributed by atoms with Crippen molar-refractivity contribution in [2.45, 2.75) is 6.42 Å². The molecule has 0 saturated carbocycles. The van der Waals surface area contributed by atoms with Crippen LogP contribution in [0.4, 0.5) is 5.82 Å². The van der Waals surface area contributed by atoms with Crippen molar-refractivity contribution in [3.05, 3.63) is 75.6 Å². The van der Waals surface area contributed by atoms with E-state index in [1.807, 2.05) is 48.5 Å². The minimum absolute atomic E-state index is 0.537. The van der Waals surface area contributed by atoms with Crippen LogP contribution in [0.5, 0.6) is 0 Å². The van der Waals surface area contributed by atoms with E-state index in [4.69, 9.17) is 10.7 Å². The molecule has 1 heterocycles. The SMILES string of the molecule is Nc1nc(Cc2ccccc2)nc(-c2ccccc2)c1I. The smallest absolute Gasteiger partial charge is 0.141 e. The topological polar surface area (TPSA) is 51.8 Å². The van der Waals surface area contributed by atoms with Gasteiger partial charge in [-0.25, -0.2) is 9.97 Å². The second-order valence-corrected chi connectivity index (χ2v) is 5.79. The molecular weight excluding hydrogens is 373 g/mol. The number of halogens is 1. The highest BCUT2D eigenvalue weighted by Gasteiger charge is 2.12. The maximum atomic E-state index is 6.05. The standard InChI is InChI=1S/C17H14IN3/c18-15-16(13-9-5-2-6-10-13)20-14(21-17(15)19)11-12-7-3-1-4-8-12/h1-10H,11H2,(H2,19,20,21). The number of nitrogens with zero attached hydrogens (tertiary/aromatic N) is 2. The van der Waals surface area contributed by atoms with Gasteiger partial charge < -0.3 is 5.73 Å². The third-order valence-corrected chi connectivity index (χ3v) is 4.24. The molecule has 0 aliphatic rings.